The molecule has 106 valence electrons. The Kier molecular flexibility index (Phi) is 3.53. The van der Waals surface area contributed by atoms with Gasteiger partial charge < -0.3 is 5.32 Å². The van der Waals surface area contributed by atoms with E-state index in [1.165, 1.54) is 25.1 Å². The van der Waals surface area contributed by atoms with Crippen LogP contribution in [0.1, 0.15) is 43.9 Å². The molecule has 0 atom stereocenters. The Morgan fingerprint density at radius 1 is 1.45 bits per heavy atom. The van der Waals surface area contributed by atoms with Gasteiger partial charge in [0, 0.05) is 30.3 Å². The fourth-order valence-corrected chi connectivity index (χ4v) is 2.18. The van der Waals surface area contributed by atoms with Gasteiger partial charge in [-0.2, -0.15) is 5.10 Å². The van der Waals surface area contributed by atoms with Crippen molar-refractivity contribution in [3.63, 3.8) is 0 Å². The molecular weight excluding hydrogens is 255 g/mol. The van der Waals surface area contributed by atoms with Gasteiger partial charge in [-0.3, -0.25) is 0 Å². The lowest BCUT2D eigenvalue weighted by Gasteiger charge is -2.12. The zero-order valence-corrected chi connectivity index (χ0v) is 11.8. The fraction of sp³-hybridized carbons (Fsp3) is 0.467. The Morgan fingerprint density at radius 3 is 2.95 bits per heavy atom. The molecule has 1 fully saturated rings. The molecule has 3 rings (SSSR count). The molecule has 1 saturated carbocycles. The maximum Gasteiger partial charge on any atom is 0.157 e. The Hall–Kier alpha value is -1.75. The minimum atomic E-state index is -0.316. The predicted molar refractivity (Wildman–Crippen MR) is 75.3 cm³/mol. The van der Waals surface area contributed by atoms with Crippen molar-refractivity contribution in [2.45, 2.75) is 45.2 Å². The van der Waals surface area contributed by atoms with Crippen molar-refractivity contribution < 1.29 is 4.39 Å². The van der Waals surface area contributed by atoms with Crippen molar-refractivity contribution >= 4 is 0 Å². The smallest absolute Gasteiger partial charge is 0.157 e. The number of aromatic nitrogens is 3. The maximum atomic E-state index is 13.4. The van der Waals surface area contributed by atoms with E-state index in [4.69, 9.17) is 0 Å². The lowest BCUT2D eigenvalue weighted by atomic mass is 10.2. The number of nitrogens with zero attached hydrogens (tertiary/aromatic N) is 3. The lowest BCUT2D eigenvalue weighted by Crippen LogP contribution is -2.23. The van der Waals surface area contributed by atoms with Gasteiger partial charge in [-0.15, -0.1) is 0 Å². The molecule has 2 aromatic rings. The second-order valence-corrected chi connectivity index (χ2v) is 5.63. The molecule has 2 aromatic heterocycles. The van der Waals surface area contributed by atoms with E-state index in [0.717, 1.165) is 11.3 Å². The number of rotatable bonds is 5. The molecule has 0 bridgehead atoms. The molecule has 0 aliphatic heterocycles. The van der Waals surface area contributed by atoms with Gasteiger partial charge >= 0.3 is 0 Å². The number of pyridine rings is 1. The van der Waals surface area contributed by atoms with E-state index in [2.05, 4.69) is 29.2 Å². The average molecular weight is 274 g/mol. The van der Waals surface area contributed by atoms with Crippen LogP contribution in [-0.4, -0.2) is 20.8 Å². The van der Waals surface area contributed by atoms with Gasteiger partial charge in [-0.25, -0.2) is 14.1 Å². The van der Waals surface area contributed by atoms with Crippen LogP contribution < -0.4 is 5.32 Å². The van der Waals surface area contributed by atoms with Crippen LogP contribution in [0, 0.1) is 5.82 Å². The number of halogens is 1. The number of hydrogen-bond acceptors (Lipinski definition) is 3. The topological polar surface area (TPSA) is 42.7 Å². The molecule has 0 radical (unpaired) electrons. The average Bonchev–Trinajstić information content (AvgIpc) is 3.15. The van der Waals surface area contributed by atoms with Crippen molar-refractivity contribution in [1.82, 2.24) is 20.1 Å². The molecule has 0 aromatic carbocycles. The zero-order chi connectivity index (χ0) is 14.1. The van der Waals surface area contributed by atoms with E-state index in [0.29, 0.717) is 24.3 Å². The van der Waals surface area contributed by atoms with E-state index in [-0.39, 0.29) is 5.82 Å². The van der Waals surface area contributed by atoms with Crippen molar-refractivity contribution in [2.75, 3.05) is 0 Å². The van der Waals surface area contributed by atoms with Crippen LogP contribution in [0.25, 0.3) is 5.82 Å². The zero-order valence-electron chi connectivity index (χ0n) is 11.8. The third kappa shape index (κ3) is 2.88. The van der Waals surface area contributed by atoms with Crippen LogP contribution in [0.2, 0.25) is 0 Å². The Bertz CT molecular complexity index is 602. The third-order valence-electron chi connectivity index (χ3n) is 3.43. The van der Waals surface area contributed by atoms with Crippen LogP contribution >= 0.6 is 0 Å². The van der Waals surface area contributed by atoms with Crippen molar-refractivity contribution in [3.8, 4) is 5.82 Å². The van der Waals surface area contributed by atoms with Gasteiger partial charge in [0.25, 0.3) is 0 Å². The summed E-state index contributed by atoms with van der Waals surface area (Å²) in [5.41, 5.74) is 1.93. The largest absolute Gasteiger partial charge is 0.310 e. The summed E-state index contributed by atoms with van der Waals surface area (Å²) in [7, 11) is 0. The summed E-state index contributed by atoms with van der Waals surface area (Å²) in [6.45, 7) is 4.70. The molecule has 0 spiro atoms. The predicted octanol–water partition coefficient (Wildman–Crippen LogP) is 2.78. The molecule has 1 aliphatic rings. The van der Waals surface area contributed by atoms with Gasteiger partial charge in [0.2, 0.25) is 0 Å². The molecule has 0 saturated heterocycles. The van der Waals surface area contributed by atoms with Crippen LogP contribution in [0.5, 0.6) is 0 Å². The second kappa shape index (κ2) is 5.32. The number of nitrogens with one attached hydrogen (secondary N) is 1. The van der Waals surface area contributed by atoms with E-state index in [1.807, 2.05) is 12.3 Å². The van der Waals surface area contributed by atoms with Gasteiger partial charge in [0.05, 0.1) is 11.9 Å². The monoisotopic (exact) mass is 274 g/mol. The van der Waals surface area contributed by atoms with Crippen LogP contribution in [0.3, 0.4) is 0 Å². The molecule has 0 amide bonds. The van der Waals surface area contributed by atoms with E-state index < -0.39 is 0 Å². The molecule has 1 aliphatic carbocycles. The first kappa shape index (κ1) is 13.2. The van der Waals surface area contributed by atoms with Crippen LogP contribution in [-0.2, 0) is 6.54 Å². The van der Waals surface area contributed by atoms with E-state index in [9.17, 15) is 4.39 Å². The maximum absolute atomic E-state index is 13.4. The summed E-state index contributed by atoms with van der Waals surface area (Å²) < 4.78 is 15.2. The van der Waals surface area contributed by atoms with Gasteiger partial charge in [0.1, 0.15) is 5.82 Å². The summed E-state index contributed by atoms with van der Waals surface area (Å²) in [6.07, 6.45) is 5.59. The van der Waals surface area contributed by atoms with Crippen molar-refractivity contribution in [3.05, 3.63) is 41.6 Å². The van der Waals surface area contributed by atoms with Gasteiger partial charge in [-0.1, -0.05) is 13.8 Å². The molecule has 4 nitrogen and oxygen atoms in total. The van der Waals surface area contributed by atoms with E-state index in [1.54, 1.807) is 4.68 Å². The quantitative estimate of drug-likeness (QED) is 0.911. The summed E-state index contributed by atoms with van der Waals surface area (Å²) in [5, 5.41) is 7.86. The first-order valence-corrected chi connectivity index (χ1v) is 7.07. The van der Waals surface area contributed by atoms with Crippen LogP contribution in [0.15, 0.2) is 24.5 Å². The minimum Gasteiger partial charge on any atom is -0.310 e. The minimum absolute atomic E-state index is 0.316. The standard InChI is InChI=1S/C15H19FN4/c1-10(2)17-8-12-7-13(16)9-18-15(12)20-6-5-14(19-20)11-3-4-11/h5-7,9-11,17H,3-4,8H2,1-2H3. The summed E-state index contributed by atoms with van der Waals surface area (Å²) >= 11 is 0. The van der Waals surface area contributed by atoms with Crippen molar-refractivity contribution in [2.24, 2.45) is 0 Å². The first-order chi connectivity index (χ1) is 9.63. The summed E-state index contributed by atoms with van der Waals surface area (Å²) in [5.74, 6) is 0.990. The highest BCUT2D eigenvalue weighted by molar-refractivity contribution is 5.34. The van der Waals surface area contributed by atoms with Crippen LogP contribution in [0.4, 0.5) is 4.39 Å². The Labute approximate surface area is 118 Å². The SMILES string of the molecule is CC(C)NCc1cc(F)cnc1-n1ccc(C2CC2)n1. The molecule has 1 N–H and O–H groups in total. The molecule has 0 unspecified atom stereocenters. The fourth-order valence-electron chi connectivity index (χ4n) is 2.18. The van der Waals surface area contributed by atoms with Gasteiger partial charge in [-0.05, 0) is 25.0 Å². The molecular formula is C15H19FN4. The lowest BCUT2D eigenvalue weighted by molar-refractivity contribution is 0.573. The highest BCUT2D eigenvalue weighted by Gasteiger charge is 2.26. The normalized spacial score (nSPS) is 15.0. The molecule has 2 heterocycles. The highest BCUT2D eigenvalue weighted by Crippen LogP contribution is 2.39. The second-order valence-electron chi connectivity index (χ2n) is 5.63. The number of hydrogen-bond donors (Lipinski definition) is 1. The summed E-state index contributed by atoms with van der Waals surface area (Å²) in [6, 6.07) is 3.89. The van der Waals surface area contributed by atoms with Gasteiger partial charge in [0.15, 0.2) is 5.82 Å². The first-order valence-electron chi connectivity index (χ1n) is 7.07. The third-order valence-corrected chi connectivity index (χ3v) is 3.43. The van der Waals surface area contributed by atoms with E-state index >= 15 is 0 Å². The molecule has 5 heteroatoms. The van der Waals surface area contributed by atoms with Crippen molar-refractivity contribution in [1.29, 1.82) is 0 Å². The Morgan fingerprint density at radius 2 is 2.25 bits per heavy atom. The molecule has 20 heavy (non-hydrogen) atoms. The Balaban J connectivity index is 1.89. The summed E-state index contributed by atoms with van der Waals surface area (Å²) in [4.78, 5) is 4.20. The highest BCUT2D eigenvalue weighted by atomic mass is 19.1.